The Labute approximate surface area is 86.1 Å². The average Bonchev–Trinajstić information content (AvgIpc) is 2.71. The van der Waals surface area contributed by atoms with Crippen LogP contribution in [-0.4, -0.2) is 22.6 Å². The minimum absolute atomic E-state index is 0.125. The van der Waals surface area contributed by atoms with Crippen molar-refractivity contribution in [1.82, 2.24) is 14.9 Å². The lowest BCUT2D eigenvalue weighted by Crippen LogP contribution is -2.35. The first-order valence-corrected chi connectivity index (χ1v) is 4.97. The molecule has 4 N–H and O–H groups in total. The molecule has 6 heteroatoms. The monoisotopic (exact) mass is 210 g/mol. The van der Waals surface area contributed by atoms with Gasteiger partial charge in [0.15, 0.2) is 0 Å². The molecule has 0 radical (unpaired) electrons. The second kappa shape index (κ2) is 4.00. The first-order chi connectivity index (χ1) is 7.22. The molecule has 0 saturated carbocycles. The molecule has 6 nitrogen and oxygen atoms in total. The Balaban J connectivity index is 2.46. The van der Waals surface area contributed by atoms with E-state index in [1.54, 1.807) is 10.8 Å². The molecule has 1 unspecified atom stereocenters. The van der Waals surface area contributed by atoms with Crippen LogP contribution >= 0.6 is 0 Å². The lowest BCUT2D eigenvalue weighted by Gasteiger charge is -2.12. The lowest BCUT2D eigenvalue weighted by molar-refractivity contribution is 0.512. The predicted octanol–water partition coefficient (Wildman–Crippen LogP) is -1.47. The highest BCUT2D eigenvalue weighted by atomic mass is 16.2. The Hall–Kier alpha value is -1.40. The largest absolute Gasteiger partial charge is 0.328 e. The standard InChI is InChI=1S/C9H14N4O2/c10-3-6-5-13(7-1-2-11-4-7)9(15)12-8(6)14/h5,7,11H,1-4,10H2,(H,12,14,15). The maximum atomic E-state index is 11.5. The Kier molecular flexibility index (Phi) is 2.70. The summed E-state index contributed by atoms with van der Waals surface area (Å²) in [6.07, 6.45) is 2.47. The second-order valence-corrected chi connectivity index (χ2v) is 3.67. The van der Waals surface area contributed by atoms with Crippen molar-refractivity contribution in [2.24, 2.45) is 5.73 Å². The topological polar surface area (TPSA) is 92.9 Å². The van der Waals surface area contributed by atoms with Crippen molar-refractivity contribution in [3.05, 3.63) is 32.6 Å². The zero-order valence-electron chi connectivity index (χ0n) is 8.32. The van der Waals surface area contributed by atoms with E-state index in [9.17, 15) is 9.59 Å². The third kappa shape index (κ3) is 1.86. The van der Waals surface area contributed by atoms with E-state index < -0.39 is 0 Å². The fourth-order valence-corrected chi connectivity index (χ4v) is 1.82. The van der Waals surface area contributed by atoms with Crippen LogP contribution in [0.3, 0.4) is 0 Å². The number of nitrogens with two attached hydrogens (primary N) is 1. The number of nitrogens with one attached hydrogen (secondary N) is 2. The van der Waals surface area contributed by atoms with Crippen LogP contribution in [0.15, 0.2) is 15.8 Å². The summed E-state index contributed by atoms with van der Waals surface area (Å²) in [6, 6.07) is 0.125. The van der Waals surface area contributed by atoms with Gasteiger partial charge in [-0.2, -0.15) is 0 Å². The van der Waals surface area contributed by atoms with E-state index in [1.165, 1.54) is 0 Å². The van der Waals surface area contributed by atoms with Crippen molar-refractivity contribution >= 4 is 0 Å². The molecule has 82 valence electrons. The Morgan fingerprint density at radius 1 is 1.53 bits per heavy atom. The first-order valence-electron chi connectivity index (χ1n) is 4.97. The van der Waals surface area contributed by atoms with Crippen molar-refractivity contribution < 1.29 is 0 Å². The molecular formula is C9H14N4O2. The van der Waals surface area contributed by atoms with Crippen LogP contribution in [-0.2, 0) is 6.54 Å². The van der Waals surface area contributed by atoms with Gasteiger partial charge in [-0.3, -0.25) is 14.3 Å². The SMILES string of the molecule is NCc1cn(C2CCNC2)c(=O)[nH]c1=O. The van der Waals surface area contributed by atoms with Crippen LogP contribution in [0, 0.1) is 0 Å². The van der Waals surface area contributed by atoms with Crippen molar-refractivity contribution in [1.29, 1.82) is 0 Å². The molecule has 1 atom stereocenters. The normalized spacial score (nSPS) is 20.7. The number of rotatable bonds is 2. The fraction of sp³-hybridized carbons (Fsp3) is 0.556. The summed E-state index contributed by atoms with van der Waals surface area (Å²) in [5, 5.41) is 3.17. The van der Waals surface area contributed by atoms with Gasteiger partial charge in [-0.15, -0.1) is 0 Å². The van der Waals surface area contributed by atoms with Crippen LogP contribution in [0.4, 0.5) is 0 Å². The molecule has 2 heterocycles. The smallest absolute Gasteiger partial charge is 0.326 e. The van der Waals surface area contributed by atoms with Gasteiger partial charge in [-0.05, 0) is 13.0 Å². The van der Waals surface area contributed by atoms with Crippen LogP contribution < -0.4 is 22.3 Å². The summed E-state index contributed by atoms with van der Waals surface area (Å²) < 4.78 is 1.56. The highest BCUT2D eigenvalue weighted by Gasteiger charge is 2.18. The molecule has 1 fully saturated rings. The van der Waals surface area contributed by atoms with Gasteiger partial charge in [0, 0.05) is 24.8 Å². The third-order valence-corrected chi connectivity index (χ3v) is 2.69. The quantitative estimate of drug-likeness (QED) is 0.555. The summed E-state index contributed by atoms with van der Waals surface area (Å²) in [6.45, 7) is 1.81. The molecule has 1 aromatic rings. The molecule has 0 amide bonds. The van der Waals surface area contributed by atoms with Gasteiger partial charge in [0.1, 0.15) is 0 Å². The highest BCUT2D eigenvalue weighted by Crippen LogP contribution is 2.11. The van der Waals surface area contributed by atoms with Crippen LogP contribution in [0.25, 0.3) is 0 Å². The Bertz CT molecular complexity index is 456. The van der Waals surface area contributed by atoms with Gasteiger partial charge in [0.05, 0.1) is 6.04 Å². The van der Waals surface area contributed by atoms with Crippen LogP contribution in [0.1, 0.15) is 18.0 Å². The summed E-state index contributed by atoms with van der Waals surface area (Å²) in [5.41, 5.74) is 5.12. The molecule has 1 aliphatic heterocycles. The van der Waals surface area contributed by atoms with Crippen LogP contribution in [0.5, 0.6) is 0 Å². The predicted molar refractivity (Wildman–Crippen MR) is 55.7 cm³/mol. The lowest BCUT2D eigenvalue weighted by atomic mass is 10.2. The summed E-state index contributed by atoms with van der Waals surface area (Å²) >= 11 is 0. The van der Waals surface area contributed by atoms with Gasteiger partial charge < -0.3 is 11.1 Å². The third-order valence-electron chi connectivity index (χ3n) is 2.69. The summed E-state index contributed by atoms with van der Waals surface area (Å²) in [4.78, 5) is 25.1. The van der Waals surface area contributed by atoms with Crippen molar-refractivity contribution in [2.75, 3.05) is 13.1 Å². The number of H-pyrrole nitrogens is 1. The van der Waals surface area contributed by atoms with Gasteiger partial charge in [0.2, 0.25) is 0 Å². The fourth-order valence-electron chi connectivity index (χ4n) is 1.82. The van der Waals surface area contributed by atoms with E-state index in [0.717, 1.165) is 19.5 Å². The molecule has 1 aliphatic rings. The molecule has 2 rings (SSSR count). The van der Waals surface area contributed by atoms with Gasteiger partial charge >= 0.3 is 5.69 Å². The summed E-state index contributed by atoms with van der Waals surface area (Å²) in [5.74, 6) is 0. The maximum absolute atomic E-state index is 11.5. The minimum atomic E-state index is -0.385. The zero-order valence-corrected chi connectivity index (χ0v) is 8.32. The number of nitrogens with zero attached hydrogens (tertiary/aromatic N) is 1. The molecule has 0 aromatic carbocycles. The van der Waals surface area contributed by atoms with E-state index >= 15 is 0 Å². The number of hydrogen-bond acceptors (Lipinski definition) is 4. The Morgan fingerprint density at radius 3 is 2.93 bits per heavy atom. The van der Waals surface area contributed by atoms with E-state index in [-0.39, 0.29) is 23.8 Å². The van der Waals surface area contributed by atoms with Crippen LogP contribution in [0.2, 0.25) is 0 Å². The molecule has 0 aliphatic carbocycles. The average molecular weight is 210 g/mol. The molecule has 1 aromatic heterocycles. The van der Waals surface area contributed by atoms with Crippen molar-refractivity contribution in [3.63, 3.8) is 0 Å². The van der Waals surface area contributed by atoms with E-state index in [2.05, 4.69) is 10.3 Å². The van der Waals surface area contributed by atoms with E-state index in [1.807, 2.05) is 0 Å². The first kappa shape index (κ1) is 10.1. The zero-order chi connectivity index (χ0) is 10.8. The summed E-state index contributed by atoms with van der Waals surface area (Å²) in [7, 11) is 0. The van der Waals surface area contributed by atoms with E-state index in [0.29, 0.717) is 5.56 Å². The number of aromatic nitrogens is 2. The van der Waals surface area contributed by atoms with Crippen molar-refractivity contribution in [3.8, 4) is 0 Å². The van der Waals surface area contributed by atoms with Gasteiger partial charge in [-0.1, -0.05) is 0 Å². The maximum Gasteiger partial charge on any atom is 0.328 e. The molecule has 1 saturated heterocycles. The number of hydrogen-bond donors (Lipinski definition) is 3. The minimum Gasteiger partial charge on any atom is -0.326 e. The van der Waals surface area contributed by atoms with Crippen molar-refractivity contribution in [2.45, 2.75) is 19.0 Å². The van der Waals surface area contributed by atoms with E-state index in [4.69, 9.17) is 5.73 Å². The molecule has 15 heavy (non-hydrogen) atoms. The number of aromatic amines is 1. The molecule has 0 spiro atoms. The van der Waals surface area contributed by atoms with Gasteiger partial charge in [0.25, 0.3) is 5.56 Å². The second-order valence-electron chi connectivity index (χ2n) is 3.67. The Morgan fingerprint density at radius 2 is 2.33 bits per heavy atom. The van der Waals surface area contributed by atoms with Gasteiger partial charge in [-0.25, -0.2) is 4.79 Å². The molecular weight excluding hydrogens is 196 g/mol. The highest BCUT2D eigenvalue weighted by molar-refractivity contribution is 5.05. The molecule has 0 bridgehead atoms.